The molecule has 0 saturated heterocycles. The van der Waals surface area contributed by atoms with Crippen LogP contribution in [0.1, 0.15) is 5.69 Å². The maximum Gasteiger partial charge on any atom is 0.292 e. The van der Waals surface area contributed by atoms with E-state index in [0.29, 0.717) is 28.8 Å². The van der Waals surface area contributed by atoms with Crippen LogP contribution in [0.2, 0.25) is 5.02 Å². The number of hydrogen-bond donors (Lipinski definition) is 1. The molecule has 106 valence electrons. The zero-order valence-corrected chi connectivity index (χ0v) is 11.3. The van der Waals surface area contributed by atoms with Gasteiger partial charge in [-0.05, 0) is 24.2 Å². The second-order valence-corrected chi connectivity index (χ2v) is 4.29. The lowest BCUT2D eigenvalue weighted by molar-refractivity contribution is -0.384. The Morgan fingerprint density at radius 3 is 2.95 bits per heavy atom. The van der Waals surface area contributed by atoms with Crippen molar-refractivity contribution in [1.29, 1.82) is 0 Å². The van der Waals surface area contributed by atoms with E-state index in [1.807, 2.05) is 0 Å². The largest absolute Gasteiger partial charge is 0.472 e. The van der Waals surface area contributed by atoms with Gasteiger partial charge in [-0.15, -0.1) is 0 Å². The highest BCUT2D eigenvalue weighted by Crippen LogP contribution is 2.27. The van der Waals surface area contributed by atoms with Crippen molar-refractivity contribution in [1.82, 2.24) is 10.3 Å². The van der Waals surface area contributed by atoms with E-state index in [9.17, 15) is 10.1 Å². The summed E-state index contributed by atoms with van der Waals surface area (Å²) in [6, 6.07) is 4.30. The fraction of sp³-hybridized carbons (Fsp3) is 0.273. The molecule has 0 amide bonds. The number of nitro groups is 1. The van der Waals surface area contributed by atoms with E-state index >= 15 is 0 Å². The van der Waals surface area contributed by atoms with Crippen LogP contribution in [0, 0.1) is 17.0 Å². The van der Waals surface area contributed by atoms with Crippen LogP contribution < -0.4 is 10.1 Å². The molecule has 0 unspecified atom stereocenters. The Balaban J connectivity index is 1.92. The van der Waals surface area contributed by atoms with Gasteiger partial charge in [0.2, 0.25) is 0 Å². The second-order valence-electron chi connectivity index (χ2n) is 3.85. The van der Waals surface area contributed by atoms with Crippen molar-refractivity contribution in [2.24, 2.45) is 0 Å². The van der Waals surface area contributed by atoms with Crippen molar-refractivity contribution >= 4 is 23.0 Å². The van der Waals surface area contributed by atoms with E-state index < -0.39 is 4.92 Å². The first-order chi connectivity index (χ1) is 9.58. The van der Waals surface area contributed by atoms with E-state index in [2.05, 4.69) is 20.3 Å². The molecule has 0 aliphatic carbocycles. The van der Waals surface area contributed by atoms with Crippen LogP contribution in [0.5, 0.6) is 5.88 Å². The first-order valence-corrected chi connectivity index (χ1v) is 6.05. The molecule has 0 atom stereocenters. The summed E-state index contributed by atoms with van der Waals surface area (Å²) in [4.78, 5) is 10.4. The Hall–Kier alpha value is -2.35. The normalized spacial score (nSPS) is 10.3. The maximum atomic E-state index is 10.9. The summed E-state index contributed by atoms with van der Waals surface area (Å²) < 4.78 is 9.77. The smallest absolute Gasteiger partial charge is 0.292 e. The molecule has 0 aliphatic heterocycles. The Morgan fingerprint density at radius 2 is 2.30 bits per heavy atom. The van der Waals surface area contributed by atoms with Crippen LogP contribution in [0.25, 0.3) is 0 Å². The standard InChI is InChI=1S/C11H11ClN4O4/c1-7-11(15-20-14-7)19-5-4-13-9-6-8(12)2-3-10(9)16(17)18/h2-3,6,13H,4-5H2,1H3. The van der Waals surface area contributed by atoms with Crippen LogP contribution in [0.15, 0.2) is 22.8 Å². The third-order valence-electron chi connectivity index (χ3n) is 2.42. The summed E-state index contributed by atoms with van der Waals surface area (Å²) in [6.07, 6.45) is 0. The van der Waals surface area contributed by atoms with Crippen molar-refractivity contribution < 1.29 is 14.3 Å². The fourth-order valence-corrected chi connectivity index (χ4v) is 1.67. The first kappa shape index (κ1) is 14.1. The summed E-state index contributed by atoms with van der Waals surface area (Å²) >= 11 is 5.81. The Kier molecular flexibility index (Phi) is 4.36. The van der Waals surface area contributed by atoms with E-state index in [-0.39, 0.29) is 12.3 Å². The van der Waals surface area contributed by atoms with Crippen molar-refractivity contribution in [3.63, 3.8) is 0 Å². The van der Waals surface area contributed by atoms with Gasteiger partial charge in [0.15, 0.2) is 0 Å². The molecule has 0 aliphatic rings. The Morgan fingerprint density at radius 1 is 1.50 bits per heavy atom. The molecule has 1 aromatic heterocycles. The molecular formula is C11H11ClN4O4. The van der Waals surface area contributed by atoms with Crippen molar-refractivity contribution in [3.8, 4) is 5.88 Å². The van der Waals surface area contributed by atoms with Crippen molar-refractivity contribution in [3.05, 3.63) is 39.0 Å². The number of aryl methyl sites for hydroxylation is 1. The minimum Gasteiger partial charge on any atom is -0.472 e. The number of aromatic nitrogens is 2. The van der Waals surface area contributed by atoms with Gasteiger partial charge >= 0.3 is 0 Å². The third kappa shape index (κ3) is 3.35. The highest BCUT2D eigenvalue weighted by molar-refractivity contribution is 6.31. The highest BCUT2D eigenvalue weighted by Gasteiger charge is 2.13. The lowest BCUT2D eigenvalue weighted by Crippen LogP contribution is -2.13. The highest BCUT2D eigenvalue weighted by atomic mass is 35.5. The fourth-order valence-electron chi connectivity index (χ4n) is 1.50. The summed E-state index contributed by atoms with van der Waals surface area (Å²) in [5.74, 6) is 0.299. The number of ether oxygens (including phenoxy) is 1. The van der Waals surface area contributed by atoms with E-state index in [1.54, 1.807) is 6.92 Å². The Labute approximate surface area is 118 Å². The summed E-state index contributed by atoms with van der Waals surface area (Å²) in [7, 11) is 0. The topological polar surface area (TPSA) is 103 Å². The van der Waals surface area contributed by atoms with Crippen molar-refractivity contribution in [2.75, 3.05) is 18.5 Å². The molecule has 1 N–H and O–H groups in total. The molecule has 0 radical (unpaired) electrons. The maximum absolute atomic E-state index is 10.9. The first-order valence-electron chi connectivity index (χ1n) is 5.67. The average Bonchev–Trinajstić information content (AvgIpc) is 2.80. The molecule has 0 saturated carbocycles. The zero-order chi connectivity index (χ0) is 14.5. The van der Waals surface area contributed by atoms with Gasteiger partial charge in [-0.2, -0.15) is 0 Å². The summed E-state index contributed by atoms with van der Waals surface area (Å²) in [5.41, 5.74) is 0.827. The molecule has 0 fully saturated rings. The lowest BCUT2D eigenvalue weighted by atomic mass is 10.2. The molecule has 0 spiro atoms. The predicted molar refractivity (Wildman–Crippen MR) is 71.1 cm³/mol. The lowest BCUT2D eigenvalue weighted by Gasteiger charge is -2.07. The minimum absolute atomic E-state index is 0.0475. The van der Waals surface area contributed by atoms with Gasteiger partial charge in [-0.3, -0.25) is 10.1 Å². The second kappa shape index (κ2) is 6.20. The SMILES string of the molecule is Cc1nonc1OCCNc1cc(Cl)ccc1[N+](=O)[O-]. The van der Waals surface area contributed by atoms with Gasteiger partial charge in [-0.25, -0.2) is 4.63 Å². The molecular weight excluding hydrogens is 288 g/mol. The summed E-state index contributed by atoms with van der Waals surface area (Å²) in [6.45, 7) is 2.28. The number of nitrogens with zero attached hydrogens (tertiary/aromatic N) is 3. The number of hydrogen-bond acceptors (Lipinski definition) is 7. The summed E-state index contributed by atoms with van der Waals surface area (Å²) in [5, 5.41) is 21.3. The number of halogens is 1. The van der Waals surface area contributed by atoms with Crippen LogP contribution in [0.4, 0.5) is 11.4 Å². The number of nitrogens with one attached hydrogen (secondary N) is 1. The quantitative estimate of drug-likeness (QED) is 0.496. The van der Waals surface area contributed by atoms with Gasteiger partial charge in [0.25, 0.3) is 11.6 Å². The third-order valence-corrected chi connectivity index (χ3v) is 2.66. The van der Waals surface area contributed by atoms with E-state index in [4.69, 9.17) is 16.3 Å². The minimum atomic E-state index is -0.481. The molecule has 9 heteroatoms. The molecule has 2 rings (SSSR count). The van der Waals surface area contributed by atoms with Crippen LogP contribution >= 0.6 is 11.6 Å². The van der Waals surface area contributed by atoms with Gasteiger partial charge < -0.3 is 10.1 Å². The molecule has 1 heterocycles. The van der Waals surface area contributed by atoms with Crippen LogP contribution in [0.3, 0.4) is 0 Å². The van der Waals surface area contributed by atoms with Gasteiger partial charge in [-0.1, -0.05) is 16.8 Å². The average molecular weight is 299 g/mol. The van der Waals surface area contributed by atoms with Crippen molar-refractivity contribution in [2.45, 2.75) is 6.92 Å². The number of anilines is 1. The van der Waals surface area contributed by atoms with Gasteiger partial charge in [0, 0.05) is 17.6 Å². The number of benzene rings is 1. The number of rotatable bonds is 6. The van der Waals surface area contributed by atoms with Gasteiger partial charge in [0.05, 0.1) is 4.92 Å². The molecule has 1 aromatic carbocycles. The molecule has 8 nitrogen and oxygen atoms in total. The van der Waals surface area contributed by atoms with E-state index in [1.165, 1.54) is 18.2 Å². The van der Waals surface area contributed by atoms with Crippen LogP contribution in [-0.2, 0) is 0 Å². The zero-order valence-electron chi connectivity index (χ0n) is 10.5. The Bertz CT molecular complexity index is 616. The monoisotopic (exact) mass is 298 g/mol. The molecule has 0 bridgehead atoms. The van der Waals surface area contributed by atoms with Crippen LogP contribution in [-0.4, -0.2) is 28.4 Å². The predicted octanol–water partition coefficient (Wildman–Crippen LogP) is 2.43. The van der Waals surface area contributed by atoms with Gasteiger partial charge in [0.1, 0.15) is 18.0 Å². The molecule has 2 aromatic rings. The molecule has 20 heavy (non-hydrogen) atoms. The number of nitro benzene ring substituents is 1. The van der Waals surface area contributed by atoms with E-state index in [0.717, 1.165) is 0 Å².